The number of carbonyl (C=O) groups excluding carboxylic acids is 4. The van der Waals surface area contributed by atoms with E-state index in [-0.39, 0.29) is 43.1 Å². The fraction of sp³-hybridized carbons (Fsp3) is 0.312. The van der Waals surface area contributed by atoms with E-state index in [0.29, 0.717) is 27.7 Å². The molecule has 9 heteroatoms. The third kappa shape index (κ3) is 3.57. The number of nitrogens with one attached hydrogen (secondary N) is 1. The molecule has 4 amide bonds. The SMILES string of the molecule is O=C(CCN1C(=O)c2ccccc2C1=O)NCCN1C(=O)CSC1=S. The molecule has 7 nitrogen and oxygen atoms in total. The maximum Gasteiger partial charge on any atom is 0.261 e. The Kier molecular flexibility index (Phi) is 5.14. The van der Waals surface area contributed by atoms with Crippen LogP contribution in [0.3, 0.4) is 0 Å². The van der Waals surface area contributed by atoms with E-state index in [9.17, 15) is 19.2 Å². The number of fused-ring (bicyclic) bond motifs is 1. The van der Waals surface area contributed by atoms with Gasteiger partial charge in [0.15, 0.2) is 0 Å². The first-order chi connectivity index (χ1) is 12.0. The quantitative estimate of drug-likeness (QED) is 0.579. The van der Waals surface area contributed by atoms with Crippen LogP contribution in [-0.2, 0) is 9.59 Å². The monoisotopic (exact) mass is 377 g/mol. The van der Waals surface area contributed by atoms with Gasteiger partial charge in [0.25, 0.3) is 11.8 Å². The van der Waals surface area contributed by atoms with Crippen LogP contribution in [0, 0.1) is 0 Å². The van der Waals surface area contributed by atoms with E-state index in [2.05, 4.69) is 5.32 Å². The molecular formula is C16H15N3O4S2. The second-order valence-corrected chi connectivity index (χ2v) is 7.12. The van der Waals surface area contributed by atoms with Gasteiger partial charge in [-0.05, 0) is 12.1 Å². The summed E-state index contributed by atoms with van der Waals surface area (Å²) in [5, 5.41) is 2.67. The molecule has 2 aliphatic rings. The average molecular weight is 377 g/mol. The van der Waals surface area contributed by atoms with E-state index in [1.165, 1.54) is 16.7 Å². The van der Waals surface area contributed by atoms with Gasteiger partial charge in [-0.25, -0.2) is 0 Å². The normalized spacial score (nSPS) is 16.6. The zero-order valence-electron chi connectivity index (χ0n) is 13.2. The maximum absolute atomic E-state index is 12.2. The molecule has 1 aromatic carbocycles. The summed E-state index contributed by atoms with van der Waals surface area (Å²) >= 11 is 6.36. The summed E-state index contributed by atoms with van der Waals surface area (Å²) in [6, 6.07) is 6.60. The molecule has 1 N–H and O–H groups in total. The Labute approximate surface area is 153 Å². The van der Waals surface area contributed by atoms with Crippen LogP contribution in [0.2, 0.25) is 0 Å². The van der Waals surface area contributed by atoms with Crippen molar-refractivity contribution in [2.45, 2.75) is 6.42 Å². The molecule has 1 fully saturated rings. The highest BCUT2D eigenvalue weighted by atomic mass is 32.2. The molecule has 25 heavy (non-hydrogen) atoms. The number of benzene rings is 1. The fourth-order valence-corrected chi connectivity index (χ4v) is 3.77. The van der Waals surface area contributed by atoms with E-state index >= 15 is 0 Å². The van der Waals surface area contributed by atoms with Crippen molar-refractivity contribution in [1.82, 2.24) is 15.1 Å². The minimum Gasteiger partial charge on any atom is -0.354 e. The van der Waals surface area contributed by atoms with Gasteiger partial charge in [-0.2, -0.15) is 0 Å². The van der Waals surface area contributed by atoms with Crippen LogP contribution < -0.4 is 5.32 Å². The highest BCUT2D eigenvalue weighted by Crippen LogP contribution is 2.22. The van der Waals surface area contributed by atoms with E-state index in [1.807, 2.05) is 0 Å². The highest BCUT2D eigenvalue weighted by Gasteiger charge is 2.35. The lowest BCUT2D eigenvalue weighted by Gasteiger charge is -2.16. The Morgan fingerprint density at radius 2 is 1.72 bits per heavy atom. The summed E-state index contributed by atoms with van der Waals surface area (Å²) in [4.78, 5) is 50.4. The number of hydrogen-bond acceptors (Lipinski definition) is 6. The molecule has 2 aliphatic heterocycles. The van der Waals surface area contributed by atoms with Crippen LogP contribution in [0.15, 0.2) is 24.3 Å². The number of carbonyl (C=O) groups is 4. The predicted molar refractivity (Wildman–Crippen MR) is 96.2 cm³/mol. The predicted octanol–water partition coefficient (Wildman–Crippen LogP) is 0.649. The first-order valence-corrected chi connectivity index (χ1v) is 9.07. The number of thioether (sulfide) groups is 1. The molecule has 2 heterocycles. The number of nitrogens with zero attached hydrogens (tertiary/aromatic N) is 2. The van der Waals surface area contributed by atoms with Crippen molar-refractivity contribution in [3.05, 3.63) is 35.4 Å². The Morgan fingerprint density at radius 3 is 2.28 bits per heavy atom. The molecule has 0 atom stereocenters. The molecular weight excluding hydrogens is 362 g/mol. The number of hydrogen-bond donors (Lipinski definition) is 1. The van der Waals surface area contributed by atoms with E-state index in [4.69, 9.17) is 12.2 Å². The Balaban J connectivity index is 1.45. The summed E-state index contributed by atoms with van der Waals surface area (Å²) in [7, 11) is 0. The van der Waals surface area contributed by atoms with Crippen molar-refractivity contribution in [3.63, 3.8) is 0 Å². The molecule has 0 spiro atoms. The van der Waals surface area contributed by atoms with Gasteiger partial charge in [-0.15, -0.1) is 0 Å². The highest BCUT2D eigenvalue weighted by molar-refractivity contribution is 8.23. The second-order valence-electron chi connectivity index (χ2n) is 5.51. The van der Waals surface area contributed by atoms with Gasteiger partial charge in [0.1, 0.15) is 4.32 Å². The lowest BCUT2D eigenvalue weighted by Crippen LogP contribution is -2.39. The molecule has 0 saturated carbocycles. The molecule has 0 aliphatic carbocycles. The molecule has 3 rings (SSSR count). The number of imide groups is 1. The average Bonchev–Trinajstić information content (AvgIpc) is 3.05. The van der Waals surface area contributed by atoms with Crippen molar-refractivity contribution in [1.29, 1.82) is 0 Å². The van der Waals surface area contributed by atoms with Crippen molar-refractivity contribution < 1.29 is 19.2 Å². The van der Waals surface area contributed by atoms with Gasteiger partial charge >= 0.3 is 0 Å². The summed E-state index contributed by atoms with van der Waals surface area (Å²) in [5.41, 5.74) is 0.734. The zero-order chi connectivity index (χ0) is 18.0. The minimum atomic E-state index is -0.376. The number of thiocarbonyl (C=S) groups is 1. The third-order valence-electron chi connectivity index (χ3n) is 3.94. The Bertz CT molecular complexity index is 729. The fourth-order valence-electron chi connectivity index (χ4n) is 2.65. The van der Waals surface area contributed by atoms with Crippen LogP contribution in [0.4, 0.5) is 0 Å². The summed E-state index contributed by atoms with van der Waals surface area (Å²) in [5.74, 6) is -0.763. The molecule has 130 valence electrons. The van der Waals surface area contributed by atoms with E-state index in [1.54, 1.807) is 24.3 Å². The lowest BCUT2D eigenvalue weighted by molar-refractivity contribution is -0.125. The van der Waals surface area contributed by atoms with Gasteiger partial charge in [-0.1, -0.05) is 36.1 Å². The molecule has 0 bridgehead atoms. The first-order valence-electron chi connectivity index (χ1n) is 7.68. The lowest BCUT2D eigenvalue weighted by atomic mass is 10.1. The summed E-state index contributed by atoms with van der Waals surface area (Å²) < 4.78 is 0.519. The van der Waals surface area contributed by atoms with Gasteiger partial charge in [-0.3, -0.25) is 29.0 Å². The standard InChI is InChI=1S/C16H15N3O4S2/c20-12(17-6-8-18-13(21)9-25-16(18)24)5-7-19-14(22)10-3-1-2-4-11(10)15(19)23/h1-4H,5-9H2,(H,17,20). The van der Waals surface area contributed by atoms with Crippen LogP contribution in [0.5, 0.6) is 0 Å². The van der Waals surface area contributed by atoms with E-state index < -0.39 is 0 Å². The van der Waals surface area contributed by atoms with Gasteiger partial charge in [0.05, 0.1) is 16.9 Å². The Morgan fingerprint density at radius 1 is 1.08 bits per heavy atom. The van der Waals surface area contributed by atoms with Gasteiger partial charge in [0.2, 0.25) is 11.8 Å². The van der Waals surface area contributed by atoms with Crippen molar-refractivity contribution in [2.75, 3.05) is 25.4 Å². The van der Waals surface area contributed by atoms with Crippen molar-refractivity contribution >= 4 is 51.9 Å². The smallest absolute Gasteiger partial charge is 0.261 e. The summed E-state index contributed by atoms with van der Waals surface area (Å²) in [6.07, 6.45) is 0.0125. The van der Waals surface area contributed by atoms with Crippen LogP contribution in [-0.4, -0.2) is 63.1 Å². The molecule has 0 aromatic heterocycles. The molecule has 1 aromatic rings. The number of amides is 4. The van der Waals surface area contributed by atoms with Gasteiger partial charge < -0.3 is 5.32 Å². The minimum absolute atomic E-state index is 0.0125. The van der Waals surface area contributed by atoms with Crippen molar-refractivity contribution in [3.8, 4) is 0 Å². The molecule has 0 unspecified atom stereocenters. The second kappa shape index (κ2) is 7.32. The van der Waals surface area contributed by atoms with Crippen molar-refractivity contribution in [2.24, 2.45) is 0 Å². The largest absolute Gasteiger partial charge is 0.354 e. The zero-order valence-corrected chi connectivity index (χ0v) is 14.8. The molecule has 1 saturated heterocycles. The van der Waals surface area contributed by atoms with Gasteiger partial charge in [0, 0.05) is 26.1 Å². The van der Waals surface area contributed by atoms with E-state index in [0.717, 1.165) is 4.90 Å². The third-order valence-corrected chi connectivity index (χ3v) is 5.37. The van der Waals surface area contributed by atoms with Crippen LogP contribution in [0.1, 0.15) is 27.1 Å². The maximum atomic E-state index is 12.2. The topological polar surface area (TPSA) is 86.8 Å². The number of rotatable bonds is 6. The van der Waals surface area contributed by atoms with Crippen LogP contribution >= 0.6 is 24.0 Å². The summed E-state index contributed by atoms with van der Waals surface area (Å²) in [6.45, 7) is 0.617. The van der Waals surface area contributed by atoms with Crippen LogP contribution in [0.25, 0.3) is 0 Å². The Hall–Kier alpha value is -2.26. The first kappa shape index (κ1) is 17.6. The molecule has 0 radical (unpaired) electrons.